The van der Waals surface area contributed by atoms with Gasteiger partial charge < -0.3 is 14.2 Å². The fourth-order valence-corrected chi connectivity index (χ4v) is 2.83. The second kappa shape index (κ2) is 8.74. The first-order valence-electron chi connectivity index (χ1n) is 9.11. The molecular weight excluding hydrogens is 336 g/mol. The predicted molar refractivity (Wildman–Crippen MR) is 109 cm³/mol. The van der Waals surface area contributed by atoms with Crippen molar-refractivity contribution in [2.75, 3.05) is 13.7 Å². The van der Waals surface area contributed by atoms with Crippen LogP contribution in [0.1, 0.15) is 25.0 Å². The quantitative estimate of drug-likeness (QED) is 0.493. The van der Waals surface area contributed by atoms with Crippen molar-refractivity contribution in [1.82, 2.24) is 0 Å². The van der Waals surface area contributed by atoms with Crippen molar-refractivity contribution in [3.63, 3.8) is 0 Å². The van der Waals surface area contributed by atoms with E-state index in [1.165, 1.54) is 5.56 Å². The molecule has 0 N–H and O–H groups in total. The number of ether oxygens (including phenoxy) is 3. The standard InChI is InChI=1S/C24H26O3/c1-24(2,20-7-5-4-6-8-20)18-26-17-19-9-11-22(12-10-19)27-23-15-13-21(25-3)14-16-23/h4-16H,17-18H2,1-3H3. The number of hydrogen-bond donors (Lipinski definition) is 0. The number of methoxy groups -OCH3 is 1. The second-order valence-corrected chi connectivity index (χ2v) is 7.16. The first-order chi connectivity index (χ1) is 13.1. The molecular formula is C24H26O3. The summed E-state index contributed by atoms with van der Waals surface area (Å²) in [7, 11) is 1.65. The third kappa shape index (κ3) is 5.35. The van der Waals surface area contributed by atoms with Crippen LogP contribution in [0.4, 0.5) is 0 Å². The lowest BCUT2D eigenvalue weighted by Crippen LogP contribution is -2.24. The Kier molecular flexibility index (Phi) is 6.15. The van der Waals surface area contributed by atoms with Gasteiger partial charge in [0, 0.05) is 5.41 Å². The summed E-state index contributed by atoms with van der Waals surface area (Å²) in [6.45, 7) is 5.66. The smallest absolute Gasteiger partial charge is 0.127 e. The molecule has 0 radical (unpaired) electrons. The van der Waals surface area contributed by atoms with Crippen molar-refractivity contribution in [3.05, 3.63) is 90.0 Å². The molecule has 0 amide bonds. The topological polar surface area (TPSA) is 27.7 Å². The largest absolute Gasteiger partial charge is 0.497 e. The van der Waals surface area contributed by atoms with E-state index in [9.17, 15) is 0 Å². The van der Waals surface area contributed by atoms with Crippen LogP contribution in [-0.4, -0.2) is 13.7 Å². The summed E-state index contributed by atoms with van der Waals surface area (Å²) in [6.07, 6.45) is 0. The Balaban J connectivity index is 1.51. The third-order valence-corrected chi connectivity index (χ3v) is 4.51. The van der Waals surface area contributed by atoms with Gasteiger partial charge in [-0.3, -0.25) is 0 Å². The summed E-state index contributed by atoms with van der Waals surface area (Å²) in [5.41, 5.74) is 2.40. The van der Waals surface area contributed by atoms with Gasteiger partial charge in [0.2, 0.25) is 0 Å². The van der Waals surface area contributed by atoms with Crippen LogP contribution in [0.3, 0.4) is 0 Å². The van der Waals surface area contributed by atoms with E-state index in [1.807, 2.05) is 54.6 Å². The molecule has 3 rings (SSSR count). The molecule has 3 aromatic rings. The van der Waals surface area contributed by atoms with Crippen molar-refractivity contribution in [2.45, 2.75) is 25.9 Å². The molecule has 0 bridgehead atoms. The molecule has 0 fully saturated rings. The minimum absolute atomic E-state index is 0.0152. The Morgan fingerprint density at radius 2 is 1.26 bits per heavy atom. The lowest BCUT2D eigenvalue weighted by atomic mass is 9.86. The van der Waals surface area contributed by atoms with E-state index in [2.05, 4.69) is 38.1 Å². The molecule has 0 saturated carbocycles. The molecule has 0 aliphatic heterocycles. The van der Waals surface area contributed by atoms with Crippen molar-refractivity contribution in [1.29, 1.82) is 0 Å². The fraction of sp³-hybridized carbons (Fsp3) is 0.250. The monoisotopic (exact) mass is 362 g/mol. The van der Waals surface area contributed by atoms with Crippen LogP contribution in [0.2, 0.25) is 0 Å². The molecule has 0 aromatic heterocycles. The van der Waals surface area contributed by atoms with Crippen LogP contribution in [0.15, 0.2) is 78.9 Å². The molecule has 0 unspecified atom stereocenters. The van der Waals surface area contributed by atoms with Gasteiger partial charge in [-0.2, -0.15) is 0 Å². The maximum absolute atomic E-state index is 5.97. The van der Waals surface area contributed by atoms with Crippen LogP contribution in [0.25, 0.3) is 0 Å². The average Bonchev–Trinajstić information content (AvgIpc) is 2.70. The molecule has 0 spiro atoms. The van der Waals surface area contributed by atoms with Gasteiger partial charge in [0.15, 0.2) is 0 Å². The maximum atomic E-state index is 5.97. The highest BCUT2D eigenvalue weighted by atomic mass is 16.5. The van der Waals surface area contributed by atoms with E-state index in [-0.39, 0.29) is 5.41 Å². The Hall–Kier alpha value is -2.78. The van der Waals surface area contributed by atoms with Gasteiger partial charge in [-0.05, 0) is 47.5 Å². The van der Waals surface area contributed by atoms with Gasteiger partial charge in [0.05, 0.1) is 20.3 Å². The van der Waals surface area contributed by atoms with Crippen molar-refractivity contribution < 1.29 is 14.2 Å². The first kappa shape index (κ1) is 19.0. The SMILES string of the molecule is COc1ccc(Oc2ccc(COCC(C)(C)c3ccccc3)cc2)cc1. The van der Waals surface area contributed by atoms with Crippen LogP contribution in [-0.2, 0) is 16.8 Å². The molecule has 3 heteroatoms. The highest BCUT2D eigenvalue weighted by molar-refractivity contribution is 5.36. The maximum Gasteiger partial charge on any atom is 0.127 e. The van der Waals surface area contributed by atoms with Crippen LogP contribution < -0.4 is 9.47 Å². The number of hydrogen-bond acceptors (Lipinski definition) is 3. The van der Waals surface area contributed by atoms with Gasteiger partial charge >= 0.3 is 0 Å². The summed E-state index contributed by atoms with van der Waals surface area (Å²) in [6, 6.07) is 26.0. The third-order valence-electron chi connectivity index (χ3n) is 4.51. The van der Waals surface area contributed by atoms with Gasteiger partial charge in [-0.15, -0.1) is 0 Å². The molecule has 27 heavy (non-hydrogen) atoms. The molecule has 3 nitrogen and oxygen atoms in total. The highest BCUT2D eigenvalue weighted by Crippen LogP contribution is 2.25. The average molecular weight is 362 g/mol. The lowest BCUT2D eigenvalue weighted by molar-refractivity contribution is 0.0825. The van der Waals surface area contributed by atoms with Crippen molar-refractivity contribution in [2.24, 2.45) is 0 Å². The Morgan fingerprint density at radius 3 is 1.85 bits per heavy atom. The lowest BCUT2D eigenvalue weighted by Gasteiger charge is -2.25. The molecule has 0 aliphatic carbocycles. The minimum Gasteiger partial charge on any atom is -0.497 e. The van der Waals surface area contributed by atoms with Crippen molar-refractivity contribution in [3.8, 4) is 17.2 Å². The van der Waals surface area contributed by atoms with Gasteiger partial charge in [-0.25, -0.2) is 0 Å². The number of rotatable bonds is 8. The highest BCUT2D eigenvalue weighted by Gasteiger charge is 2.20. The van der Waals surface area contributed by atoms with Crippen LogP contribution >= 0.6 is 0 Å². The van der Waals surface area contributed by atoms with Crippen molar-refractivity contribution >= 4 is 0 Å². The molecule has 140 valence electrons. The van der Waals surface area contributed by atoms with Gasteiger partial charge in [0.25, 0.3) is 0 Å². The predicted octanol–water partition coefficient (Wildman–Crippen LogP) is 5.98. The summed E-state index contributed by atoms with van der Waals surface area (Å²) in [5.74, 6) is 2.39. The Bertz CT molecular complexity index is 822. The molecule has 0 aliphatic rings. The van der Waals surface area contributed by atoms with E-state index in [0.29, 0.717) is 13.2 Å². The van der Waals surface area contributed by atoms with E-state index < -0.39 is 0 Å². The first-order valence-corrected chi connectivity index (χ1v) is 9.11. The normalized spacial score (nSPS) is 11.2. The summed E-state index contributed by atoms with van der Waals surface area (Å²) in [5, 5.41) is 0. The Labute approximate surface area is 161 Å². The molecule has 3 aromatic carbocycles. The van der Waals surface area contributed by atoms with Crippen LogP contribution in [0.5, 0.6) is 17.2 Å². The molecule has 0 heterocycles. The molecule has 0 saturated heterocycles. The van der Waals surface area contributed by atoms with E-state index in [1.54, 1.807) is 7.11 Å². The zero-order valence-electron chi connectivity index (χ0n) is 16.1. The van der Waals surface area contributed by atoms with Gasteiger partial charge in [0.1, 0.15) is 17.2 Å². The number of benzene rings is 3. The van der Waals surface area contributed by atoms with Crippen LogP contribution in [0, 0.1) is 0 Å². The summed E-state index contributed by atoms with van der Waals surface area (Å²) in [4.78, 5) is 0. The zero-order chi connectivity index (χ0) is 19.1. The second-order valence-electron chi connectivity index (χ2n) is 7.16. The zero-order valence-corrected chi connectivity index (χ0v) is 16.1. The summed E-state index contributed by atoms with van der Waals surface area (Å²) >= 11 is 0. The van der Waals surface area contributed by atoms with E-state index in [4.69, 9.17) is 14.2 Å². The Morgan fingerprint density at radius 1 is 0.704 bits per heavy atom. The summed E-state index contributed by atoms with van der Waals surface area (Å²) < 4.78 is 17.0. The molecule has 0 atom stereocenters. The fourth-order valence-electron chi connectivity index (χ4n) is 2.83. The van der Waals surface area contributed by atoms with E-state index >= 15 is 0 Å². The minimum atomic E-state index is -0.0152. The van der Waals surface area contributed by atoms with E-state index in [0.717, 1.165) is 22.8 Å². The van der Waals surface area contributed by atoms with Gasteiger partial charge in [-0.1, -0.05) is 56.3 Å².